The Kier molecular flexibility index (Phi) is 5.17. The summed E-state index contributed by atoms with van der Waals surface area (Å²) in [5, 5.41) is 30.4. The number of hydrogen-bond acceptors (Lipinski definition) is 6. The molecule has 1 heterocycles. The molecule has 0 spiro atoms. The number of hydrogen-bond donors (Lipinski definition) is 2. The number of aliphatic hydroxyl groups excluding tert-OH is 2. The van der Waals surface area contributed by atoms with Crippen molar-refractivity contribution in [3.05, 3.63) is 33.4 Å². The molecule has 0 aliphatic carbocycles. The maximum atomic E-state index is 12.8. The molecular formula is C15H20N2O6. The number of nitrogens with zero attached hydrogens (tertiary/aromatic N) is 2. The highest BCUT2D eigenvalue weighted by atomic mass is 16.6. The van der Waals surface area contributed by atoms with Crippen LogP contribution in [0.4, 0.5) is 5.69 Å². The first kappa shape index (κ1) is 17.2. The van der Waals surface area contributed by atoms with Gasteiger partial charge in [0.1, 0.15) is 11.3 Å². The quantitative estimate of drug-likeness (QED) is 0.627. The summed E-state index contributed by atoms with van der Waals surface area (Å²) in [5.74, 6) is -0.155. The van der Waals surface area contributed by atoms with Gasteiger partial charge in [-0.15, -0.1) is 0 Å². The Balaban J connectivity index is 2.43. The van der Waals surface area contributed by atoms with Crippen LogP contribution in [0.2, 0.25) is 0 Å². The normalized spacial score (nSPS) is 21.1. The number of piperidine rings is 1. The van der Waals surface area contributed by atoms with Crippen molar-refractivity contribution in [1.82, 2.24) is 4.90 Å². The zero-order chi connectivity index (χ0) is 17.1. The number of aryl methyl sites for hydroxylation is 1. The van der Waals surface area contributed by atoms with Crippen molar-refractivity contribution >= 4 is 11.6 Å². The van der Waals surface area contributed by atoms with E-state index in [0.29, 0.717) is 17.7 Å². The SMILES string of the molecule is COc1cc(C(=O)N2CC[C@@H](O)C[C@H]2CO)c([N+](=O)[O-])cc1C. The number of benzene rings is 1. The van der Waals surface area contributed by atoms with Gasteiger partial charge in [-0.3, -0.25) is 14.9 Å². The predicted molar refractivity (Wildman–Crippen MR) is 81.5 cm³/mol. The molecule has 1 amide bonds. The Morgan fingerprint density at radius 2 is 2.22 bits per heavy atom. The minimum atomic E-state index is -0.605. The Labute approximate surface area is 133 Å². The zero-order valence-corrected chi connectivity index (χ0v) is 13.1. The van der Waals surface area contributed by atoms with E-state index in [9.17, 15) is 25.1 Å². The lowest BCUT2D eigenvalue weighted by Gasteiger charge is -2.36. The van der Waals surface area contributed by atoms with E-state index in [1.807, 2.05) is 0 Å². The predicted octanol–water partition coefficient (Wildman–Crippen LogP) is 0.870. The summed E-state index contributed by atoms with van der Waals surface area (Å²) in [4.78, 5) is 24.8. The highest BCUT2D eigenvalue weighted by Crippen LogP contribution is 2.30. The number of rotatable bonds is 4. The highest BCUT2D eigenvalue weighted by Gasteiger charge is 2.34. The second-order valence-electron chi connectivity index (χ2n) is 5.61. The molecule has 1 aliphatic rings. The molecule has 1 aromatic carbocycles. The summed E-state index contributed by atoms with van der Waals surface area (Å²) in [6.07, 6.45) is 0.0386. The Bertz CT molecular complexity index is 618. The number of ether oxygens (including phenoxy) is 1. The van der Waals surface area contributed by atoms with Gasteiger partial charge in [0.2, 0.25) is 0 Å². The molecular weight excluding hydrogens is 304 g/mol. The zero-order valence-electron chi connectivity index (χ0n) is 13.1. The van der Waals surface area contributed by atoms with Crippen LogP contribution in [0.3, 0.4) is 0 Å². The third kappa shape index (κ3) is 3.43. The van der Waals surface area contributed by atoms with Gasteiger partial charge in [-0.2, -0.15) is 0 Å². The van der Waals surface area contributed by atoms with Crippen LogP contribution in [0.25, 0.3) is 0 Å². The molecule has 126 valence electrons. The van der Waals surface area contributed by atoms with Gasteiger partial charge in [-0.25, -0.2) is 0 Å². The summed E-state index contributed by atoms with van der Waals surface area (Å²) in [7, 11) is 1.43. The number of nitro groups is 1. The van der Waals surface area contributed by atoms with Crippen molar-refractivity contribution in [3.8, 4) is 5.75 Å². The van der Waals surface area contributed by atoms with Crippen molar-refractivity contribution in [2.75, 3.05) is 20.3 Å². The van der Waals surface area contributed by atoms with Crippen molar-refractivity contribution in [1.29, 1.82) is 0 Å². The number of nitro benzene ring substituents is 1. The lowest BCUT2D eigenvalue weighted by atomic mass is 9.98. The fraction of sp³-hybridized carbons (Fsp3) is 0.533. The van der Waals surface area contributed by atoms with Crippen molar-refractivity contribution < 1.29 is 24.7 Å². The Hall–Kier alpha value is -2.19. The third-order valence-corrected chi connectivity index (χ3v) is 4.10. The van der Waals surface area contributed by atoms with E-state index in [1.165, 1.54) is 24.1 Å². The summed E-state index contributed by atoms with van der Waals surface area (Å²) in [6, 6.07) is 2.10. The summed E-state index contributed by atoms with van der Waals surface area (Å²) >= 11 is 0. The van der Waals surface area contributed by atoms with Gasteiger partial charge in [0.15, 0.2) is 0 Å². The smallest absolute Gasteiger partial charge is 0.282 e. The Morgan fingerprint density at radius 1 is 1.52 bits per heavy atom. The molecule has 0 unspecified atom stereocenters. The molecule has 1 saturated heterocycles. The molecule has 1 aliphatic heterocycles. The molecule has 0 bridgehead atoms. The van der Waals surface area contributed by atoms with Crippen LogP contribution in [0, 0.1) is 17.0 Å². The number of carbonyl (C=O) groups is 1. The van der Waals surface area contributed by atoms with Gasteiger partial charge in [0.05, 0.1) is 30.8 Å². The number of aliphatic hydroxyl groups is 2. The molecule has 2 N–H and O–H groups in total. The Morgan fingerprint density at radius 3 is 2.78 bits per heavy atom. The largest absolute Gasteiger partial charge is 0.496 e. The minimum Gasteiger partial charge on any atom is -0.496 e. The van der Waals surface area contributed by atoms with E-state index in [2.05, 4.69) is 0 Å². The van der Waals surface area contributed by atoms with Gasteiger partial charge in [0.25, 0.3) is 11.6 Å². The molecule has 1 fully saturated rings. The highest BCUT2D eigenvalue weighted by molar-refractivity contribution is 5.99. The van der Waals surface area contributed by atoms with Crippen LogP contribution in [0.1, 0.15) is 28.8 Å². The van der Waals surface area contributed by atoms with Crippen molar-refractivity contribution in [3.63, 3.8) is 0 Å². The first-order valence-electron chi connectivity index (χ1n) is 7.32. The third-order valence-electron chi connectivity index (χ3n) is 4.10. The summed E-state index contributed by atoms with van der Waals surface area (Å²) in [5.41, 5.74) is 0.187. The van der Waals surface area contributed by atoms with Gasteiger partial charge in [-0.1, -0.05) is 0 Å². The van der Waals surface area contributed by atoms with Gasteiger partial charge >= 0.3 is 0 Å². The maximum Gasteiger partial charge on any atom is 0.282 e. The van der Waals surface area contributed by atoms with Gasteiger partial charge in [0, 0.05) is 18.7 Å². The molecule has 23 heavy (non-hydrogen) atoms. The van der Waals surface area contributed by atoms with Gasteiger partial charge < -0.3 is 19.8 Å². The minimum absolute atomic E-state index is 0.0766. The van der Waals surface area contributed by atoms with E-state index in [4.69, 9.17) is 4.74 Å². The summed E-state index contributed by atoms with van der Waals surface area (Å²) in [6.45, 7) is 1.59. The lowest BCUT2D eigenvalue weighted by Crippen LogP contribution is -2.49. The monoisotopic (exact) mass is 324 g/mol. The fourth-order valence-corrected chi connectivity index (χ4v) is 2.84. The number of amides is 1. The number of carbonyl (C=O) groups excluding carboxylic acids is 1. The average Bonchev–Trinajstić information content (AvgIpc) is 2.53. The second kappa shape index (κ2) is 6.93. The van der Waals surface area contributed by atoms with E-state index >= 15 is 0 Å². The number of methoxy groups -OCH3 is 1. The van der Waals surface area contributed by atoms with E-state index in [-0.39, 0.29) is 30.8 Å². The number of likely N-dealkylation sites (tertiary alicyclic amines) is 1. The molecule has 0 radical (unpaired) electrons. The molecule has 1 aromatic rings. The van der Waals surface area contributed by atoms with Crippen molar-refractivity contribution in [2.45, 2.75) is 31.9 Å². The van der Waals surface area contributed by atoms with Crippen LogP contribution in [-0.4, -0.2) is 58.4 Å². The molecule has 8 nitrogen and oxygen atoms in total. The van der Waals surface area contributed by atoms with E-state index in [1.54, 1.807) is 6.92 Å². The first-order valence-corrected chi connectivity index (χ1v) is 7.32. The van der Waals surface area contributed by atoms with Crippen LogP contribution in [0.5, 0.6) is 5.75 Å². The summed E-state index contributed by atoms with van der Waals surface area (Å²) < 4.78 is 5.15. The van der Waals surface area contributed by atoms with Crippen LogP contribution in [-0.2, 0) is 0 Å². The molecule has 2 rings (SSSR count). The van der Waals surface area contributed by atoms with Crippen LogP contribution < -0.4 is 4.74 Å². The van der Waals surface area contributed by atoms with Crippen LogP contribution >= 0.6 is 0 Å². The lowest BCUT2D eigenvalue weighted by molar-refractivity contribution is -0.385. The molecule has 0 saturated carbocycles. The molecule has 8 heteroatoms. The van der Waals surface area contributed by atoms with E-state index in [0.717, 1.165) is 0 Å². The topological polar surface area (TPSA) is 113 Å². The maximum absolute atomic E-state index is 12.8. The van der Waals surface area contributed by atoms with Crippen molar-refractivity contribution in [2.24, 2.45) is 0 Å². The standard InChI is InChI=1S/C15H20N2O6/c1-9-5-13(17(21)22)12(7-14(9)23-2)15(20)16-4-3-11(19)6-10(16)8-18/h5,7,10-11,18-19H,3-4,6,8H2,1-2H3/t10-,11+/m0/s1. The second-order valence-corrected chi connectivity index (χ2v) is 5.61. The molecule has 2 atom stereocenters. The van der Waals surface area contributed by atoms with E-state index < -0.39 is 23.0 Å². The fourth-order valence-electron chi connectivity index (χ4n) is 2.84. The average molecular weight is 324 g/mol. The first-order chi connectivity index (χ1) is 10.9. The molecule has 0 aromatic heterocycles. The van der Waals surface area contributed by atoms with Crippen LogP contribution in [0.15, 0.2) is 12.1 Å². The van der Waals surface area contributed by atoms with Gasteiger partial charge in [-0.05, 0) is 25.3 Å².